The van der Waals surface area contributed by atoms with Gasteiger partial charge in [0.1, 0.15) is 0 Å². The first-order chi connectivity index (χ1) is 7.71. The van der Waals surface area contributed by atoms with Crippen LogP contribution in [-0.4, -0.2) is 0 Å². The summed E-state index contributed by atoms with van der Waals surface area (Å²) in [5, 5.41) is 0.242. The molecule has 1 atom stereocenters. The summed E-state index contributed by atoms with van der Waals surface area (Å²) in [5.74, 6) is 0. The van der Waals surface area contributed by atoms with E-state index < -0.39 is 17.8 Å². The van der Waals surface area contributed by atoms with Crippen molar-refractivity contribution in [3.8, 4) is 0 Å². The fourth-order valence-corrected chi connectivity index (χ4v) is 1.75. The van der Waals surface area contributed by atoms with Gasteiger partial charge in [-0.05, 0) is 37.1 Å². The van der Waals surface area contributed by atoms with Gasteiger partial charge in [0.25, 0.3) is 0 Å². The molecule has 2 N–H and O–H groups in total. The highest BCUT2D eigenvalue weighted by molar-refractivity contribution is 6.31. The monoisotopic (exact) mass is 299 g/mol. The number of rotatable bonds is 3. The molecule has 0 aliphatic rings. The van der Waals surface area contributed by atoms with E-state index in [2.05, 4.69) is 6.58 Å². The van der Waals surface area contributed by atoms with Crippen LogP contribution in [0.25, 0.3) is 0 Å². The van der Waals surface area contributed by atoms with Crippen LogP contribution in [0.4, 0.5) is 13.2 Å². The van der Waals surface area contributed by atoms with Gasteiger partial charge in [-0.1, -0.05) is 17.2 Å². The second kappa shape index (κ2) is 6.45. The summed E-state index contributed by atoms with van der Waals surface area (Å²) < 4.78 is 37.6. The second-order valence-corrected chi connectivity index (χ2v) is 4.41. The Morgan fingerprint density at radius 2 is 2.00 bits per heavy atom. The first kappa shape index (κ1) is 17.3. The quantitative estimate of drug-likeness (QED) is 0.801. The summed E-state index contributed by atoms with van der Waals surface area (Å²) in [5.41, 5.74) is 6.15. The fourth-order valence-electron chi connectivity index (χ4n) is 1.49. The Kier molecular flexibility index (Phi) is 6.20. The molecule has 0 unspecified atom stereocenters. The normalized spacial score (nSPS) is 12.8. The molecule has 0 aliphatic heterocycles. The molecule has 0 saturated carbocycles. The lowest BCUT2D eigenvalue weighted by Gasteiger charge is -2.16. The third-order valence-electron chi connectivity index (χ3n) is 2.29. The summed E-state index contributed by atoms with van der Waals surface area (Å²) >= 11 is 5.85. The molecule has 0 saturated heterocycles. The largest absolute Gasteiger partial charge is 0.416 e. The second-order valence-electron chi connectivity index (χ2n) is 4.00. The topological polar surface area (TPSA) is 26.0 Å². The van der Waals surface area contributed by atoms with Gasteiger partial charge >= 0.3 is 6.18 Å². The molecule has 0 heterocycles. The van der Waals surface area contributed by atoms with E-state index in [-0.39, 0.29) is 17.4 Å². The van der Waals surface area contributed by atoms with Crippen molar-refractivity contribution in [2.24, 2.45) is 5.73 Å². The van der Waals surface area contributed by atoms with E-state index in [1.807, 2.05) is 0 Å². The van der Waals surface area contributed by atoms with Gasteiger partial charge in [0, 0.05) is 11.1 Å². The molecule has 0 amide bonds. The average molecular weight is 300 g/mol. The highest BCUT2D eigenvalue weighted by Gasteiger charge is 2.31. The first-order valence-electron chi connectivity index (χ1n) is 4.98. The molecule has 0 aliphatic carbocycles. The van der Waals surface area contributed by atoms with Crippen LogP contribution in [0.15, 0.2) is 30.4 Å². The Morgan fingerprint density at radius 3 is 2.44 bits per heavy atom. The summed E-state index contributed by atoms with van der Waals surface area (Å²) in [7, 11) is 0. The minimum Gasteiger partial charge on any atom is -0.324 e. The summed E-state index contributed by atoms with van der Waals surface area (Å²) in [6.45, 7) is 5.44. The Morgan fingerprint density at radius 1 is 1.44 bits per heavy atom. The summed E-state index contributed by atoms with van der Waals surface area (Å²) in [6, 6.07) is 2.59. The minimum atomic E-state index is -4.39. The maximum Gasteiger partial charge on any atom is 0.416 e. The van der Waals surface area contributed by atoms with Crippen LogP contribution in [0.2, 0.25) is 5.02 Å². The van der Waals surface area contributed by atoms with E-state index in [0.29, 0.717) is 12.0 Å². The Hall–Kier alpha value is -0.710. The molecule has 1 rings (SSSR count). The number of hydrogen-bond donors (Lipinski definition) is 1. The van der Waals surface area contributed by atoms with E-state index in [9.17, 15) is 13.2 Å². The van der Waals surface area contributed by atoms with Gasteiger partial charge in [-0.2, -0.15) is 13.2 Å². The molecule has 102 valence electrons. The number of halogens is 5. The molecule has 6 heteroatoms. The SMILES string of the molecule is C=C(C)C[C@@H](N)c1cc(C(F)(F)F)ccc1Cl.Cl. The summed E-state index contributed by atoms with van der Waals surface area (Å²) in [4.78, 5) is 0. The van der Waals surface area contributed by atoms with Crippen LogP contribution in [0.1, 0.15) is 30.5 Å². The van der Waals surface area contributed by atoms with Crippen LogP contribution in [0.3, 0.4) is 0 Å². The maximum atomic E-state index is 12.5. The van der Waals surface area contributed by atoms with Gasteiger partial charge in [0.05, 0.1) is 5.56 Å². The van der Waals surface area contributed by atoms with Crippen molar-refractivity contribution in [1.29, 1.82) is 0 Å². The van der Waals surface area contributed by atoms with E-state index in [0.717, 1.165) is 17.7 Å². The first-order valence-corrected chi connectivity index (χ1v) is 5.36. The van der Waals surface area contributed by atoms with Gasteiger partial charge in [-0.3, -0.25) is 0 Å². The number of nitrogens with two attached hydrogens (primary N) is 1. The average Bonchev–Trinajstić information content (AvgIpc) is 2.15. The molecule has 0 bridgehead atoms. The molecule has 0 spiro atoms. The molecule has 0 fully saturated rings. The van der Waals surface area contributed by atoms with Gasteiger partial charge < -0.3 is 5.73 Å². The predicted molar refractivity (Wildman–Crippen MR) is 70.1 cm³/mol. The maximum absolute atomic E-state index is 12.5. The molecular weight excluding hydrogens is 286 g/mol. The van der Waals surface area contributed by atoms with Gasteiger partial charge in [-0.15, -0.1) is 19.0 Å². The number of hydrogen-bond acceptors (Lipinski definition) is 1. The van der Waals surface area contributed by atoms with Crippen molar-refractivity contribution in [3.63, 3.8) is 0 Å². The van der Waals surface area contributed by atoms with E-state index >= 15 is 0 Å². The molecule has 1 aromatic rings. The number of alkyl halides is 3. The van der Waals surface area contributed by atoms with Crippen molar-refractivity contribution in [2.75, 3.05) is 0 Å². The van der Waals surface area contributed by atoms with Crippen molar-refractivity contribution in [2.45, 2.75) is 25.6 Å². The Balaban J connectivity index is 0.00000289. The minimum absolute atomic E-state index is 0. The van der Waals surface area contributed by atoms with Crippen LogP contribution in [0.5, 0.6) is 0 Å². The van der Waals surface area contributed by atoms with Gasteiger partial charge in [0.2, 0.25) is 0 Å². The smallest absolute Gasteiger partial charge is 0.324 e. The third kappa shape index (κ3) is 4.52. The summed E-state index contributed by atoms with van der Waals surface area (Å²) in [6.07, 6.45) is -3.98. The Labute approximate surface area is 115 Å². The zero-order valence-corrected chi connectivity index (χ0v) is 11.3. The standard InChI is InChI=1S/C12H13ClF3N.ClH/c1-7(2)5-11(17)9-6-8(12(14,15)16)3-4-10(9)13;/h3-4,6,11H,1,5,17H2,2H3;1H/t11-;/m1./s1. The van der Waals surface area contributed by atoms with Crippen molar-refractivity contribution in [3.05, 3.63) is 46.5 Å². The van der Waals surface area contributed by atoms with Crippen molar-refractivity contribution in [1.82, 2.24) is 0 Å². The third-order valence-corrected chi connectivity index (χ3v) is 2.64. The van der Waals surface area contributed by atoms with Crippen molar-refractivity contribution >= 4 is 24.0 Å². The predicted octanol–water partition coefficient (Wildman–Crippen LogP) is 4.75. The van der Waals surface area contributed by atoms with Crippen LogP contribution < -0.4 is 5.73 Å². The van der Waals surface area contributed by atoms with E-state index in [1.165, 1.54) is 6.07 Å². The Bertz CT molecular complexity index is 430. The van der Waals surface area contributed by atoms with E-state index in [4.69, 9.17) is 17.3 Å². The zero-order valence-electron chi connectivity index (χ0n) is 9.72. The zero-order chi connectivity index (χ0) is 13.2. The molecule has 0 aromatic heterocycles. The highest BCUT2D eigenvalue weighted by Crippen LogP contribution is 2.34. The van der Waals surface area contributed by atoms with Gasteiger partial charge in [-0.25, -0.2) is 0 Å². The van der Waals surface area contributed by atoms with Crippen LogP contribution >= 0.6 is 24.0 Å². The van der Waals surface area contributed by atoms with Crippen LogP contribution in [-0.2, 0) is 6.18 Å². The fraction of sp³-hybridized carbons (Fsp3) is 0.333. The van der Waals surface area contributed by atoms with E-state index in [1.54, 1.807) is 6.92 Å². The molecule has 1 aromatic carbocycles. The lowest BCUT2D eigenvalue weighted by atomic mass is 9.99. The molecule has 18 heavy (non-hydrogen) atoms. The van der Waals surface area contributed by atoms with Crippen LogP contribution in [0, 0.1) is 0 Å². The molecule has 1 nitrogen and oxygen atoms in total. The molecule has 0 radical (unpaired) electrons. The molecular formula is C12H14Cl2F3N. The lowest BCUT2D eigenvalue weighted by molar-refractivity contribution is -0.137. The highest BCUT2D eigenvalue weighted by atomic mass is 35.5. The number of benzene rings is 1. The lowest BCUT2D eigenvalue weighted by Crippen LogP contribution is -2.13. The van der Waals surface area contributed by atoms with Gasteiger partial charge in [0.15, 0.2) is 0 Å². The van der Waals surface area contributed by atoms with Crippen molar-refractivity contribution < 1.29 is 13.2 Å².